The Labute approximate surface area is 115 Å². The topological polar surface area (TPSA) is 21.3 Å². The van der Waals surface area contributed by atoms with Crippen LogP contribution in [0.3, 0.4) is 0 Å². The van der Waals surface area contributed by atoms with Gasteiger partial charge in [-0.25, -0.2) is 4.39 Å². The van der Waals surface area contributed by atoms with Crippen molar-refractivity contribution in [2.24, 2.45) is 0 Å². The van der Waals surface area contributed by atoms with Gasteiger partial charge >= 0.3 is 6.61 Å². The monoisotopic (exact) mass is 281 g/mol. The van der Waals surface area contributed by atoms with Crippen LogP contribution in [0, 0.1) is 12.7 Å². The van der Waals surface area contributed by atoms with Crippen LogP contribution in [0.4, 0.5) is 18.9 Å². The van der Waals surface area contributed by atoms with Gasteiger partial charge < -0.3 is 10.1 Å². The molecule has 0 aliphatic rings. The van der Waals surface area contributed by atoms with Crippen molar-refractivity contribution < 1.29 is 17.9 Å². The van der Waals surface area contributed by atoms with Crippen LogP contribution < -0.4 is 10.1 Å². The van der Waals surface area contributed by atoms with Crippen LogP contribution in [0.25, 0.3) is 0 Å². The second-order valence-electron chi connectivity index (χ2n) is 4.34. The van der Waals surface area contributed by atoms with Crippen molar-refractivity contribution in [2.75, 3.05) is 5.32 Å². The first-order chi connectivity index (χ1) is 9.54. The predicted molar refractivity (Wildman–Crippen MR) is 71.5 cm³/mol. The molecule has 0 aliphatic heterocycles. The van der Waals surface area contributed by atoms with E-state index in [4.69, 9.17) is 0 Å². The summed E-state index contributed by atoms with van der Waals surface area (Å²) in [5.74, 6) is -0.150. The quantitative estimate of drug-likeness (QED) is 0.879. The van der Waals surface area contributed by atoms with Crippen LogP contribution in [0.2, 0.25) is 0 Å². The van der Waals surface area contributed by atoms with Gasteiger partial charge in [-0.15, -0.1) is 0 Å². The summed E-state index contributed by atoms with van der Waals surface area (Å²) in [6.45, 7) is -0.493. The van der Waals surface area contributed by atoms with Gasteiger partial charge in [0.2, 0.25) is 0 Å². The lowest BCUT2D eigenvalue weighted by atomic mass is 10.1. The molecule has 1 N–H and O–H groups in total. The van der Waals surface area contributed by atoms with E-state index in [1.165, 1.54) is 24.3 Å². The minimum absolute atomic E-state index is 0.127. The first kappa shape index (κ1) is 14.2. The summed E-state index contributed by atoms with van der Waals surface area (Å²) in [5, 5.41) is 3.16. The Morgan fingerprint density at radius 1 is 1.10 bits per heavy atom. The zero-order chi connectivity index (χ0) is 14.5. The van der Waals surface area contributed by atoms with Crippen molar-refractivity contribution in [3.8, 4) is 5.75 Å². The van der Waals surface area contributed by atoms with Crippen molar-refractivity contribution in [1.82, 2.24) is 0 Å². The highest BCUT2D eigenvalue weighted by Crippen LogP contribution is 2.18. The highest BCUT2D eigenvalue weighted by molar-refractivity contribution is 5.51. The van der Waals surface area contributed by atoms with Crippen LogP contribution >= 0.6 is 0 Å². The Morgan fingerprint density at radius 2 is 1.80 bits per heavy atom. The van der Waals surface area contributed by atoms with Gasteiger partial charge in [-0.3, -0.25) is 0 Å². The molecule has 0 aliphatic carbocycles. The molecule has 0 aromatic heterocycles. The summed E-state index contributed by atoms with van der Waals surface area (Å²) in [7, 11) is 0. The second-order valence-corrected chi connectivity index (χ2v) is 4.34. The molecule has 0 unspecified atom stereocenters. The summed E-state index contributed by atoms with van der Waals surface area (Å²) >= 11 is 0. The molecule has 5 heteroatoms. The lowest BCUT2D eigenvalue weighted by Crippen LogP contribution is -2.03. The average Bonchev–Trinajstić information content (AvgIpc) is 2.39. The fourth-order valence-electron chi connectivity index (χ4n) is 1.81. The van der Waals surface area contributed by atoms with Crippen LogP contribution in [-0.4, -0.2) is 6.61 Å². The zero-order valence-electron chi connectivity index (χ0n) is 10.9. The van der Waals surface area contributed by atoms with E-state index in [0.717, 1.165) is 16.8 Å². The van der Waals surface area contributed by atoms with E-state index in [9.17, 15) is 13.2 Å². The molecular formula is C15H14F3NO. The Kier molecular flexibility index (Phi) is 4.50. The number of aryl methyl sites for hydroxylation is 1. The van der Waals surface area contributed by atoms with Gasteiger partial charge in [0.15, 0.2) is 0 Å². The van der Waals surface area contributed by atoms with Crippen molar-refractivity contribution in [2.45, 2.75) is 20.1 Å². The molecular weight excluding hydrogens is 267 g/mol. The minimum Gasteiger partial charge on any atom is -0.435 e. The Hall–Kier alpha value is -2.17. The van der Waals surface area contributed by atoms with Crippen LogP contribution in [0.15, 0.2) is 42.5 Å². The summed E-state index contributed by atoms with van der Waals surface area (Å²) < 4.78 is 41.2. The molecule has 2 aromatic rings. The van der Waals surface area contributed by atoms with E-state index in [-0.39, 0.29) is 11.6 Å². The molecule has 2 rings (SSSR count). The highest BCUT2D eigenvalue weighted by Gasteiger charge is 2.04. The Bertz CT molecular complexity index is 570. The smallest absolute Gasteiger partial charge is 0.387 e. The molecule has 0 spiro atoms. The van der Waals surface area contributed by atoms with E-state index < -0.39 is 6.61 Å². The molecule has 2 nitrogen and oxygen atoms in total. The fourth-order valence-corrected chi connectivity index (χ4v) is 1.81. The van der Waals surface area contributed by atoms with Gasteiger partial charge in [0.05, 0.1) is 0 Å². The SMILES string of the molecule is Cc1cc(F)ccc1NCc1ccc(OC(F)F)cc1. The number of ether oxygens (including phenoxy) is 1. The fraction of sp³-hybridized carbons (Fsp3) is 0.200. The number of anilines is 1. The molecule has 106 valence electrons. The number of rotatable bonds is 5. The van der Waals surface area contributed by atoms with Crippen LogP contribution in [0.5, 0.6) is 5.75 Å². The number of alkyl halides is 2. The molecule has 0 radical (unpaired) electrons. The van der Waals surface area contributed by atoms with E-state index in [0.29, 0.717) is 6.54 Å². The Balaban J connectivity index is 1.96. The summed E-state index contributed by atoms with van der Waals surface area (Å²) in [6, 6.07) is 10.9. The minimum atomic E-state index is -2.82. The lowest BCUT2D eigenvalue weighted by molar-refractivity contribution is -0.0498. The van der Waals surface area contributed by atoms with Crippen LogP contribution in [0.1, 0.15) is 11.1 Å². The molecule has 20 heavy (non-hydrogen) atoms. The first-order valence-electron chi connectivity index (χ1n) is 6.08. The van der Waals surface area contributed by atoms with Gasteiger partial charge in [0.25, 0.3) is 0 Å². The highest BCUT2D eigenvalue weighted by atomic mass is 19.3. The number of benzene rings is 2. The maximum atomic E-state index is 13.0. The van der Waals surface area contributed by atoms with Gasteiger partial charge in [-0.2, -0.15) is 8.78 Å². The van der Waals surface area contributed by atoms with E-state index in [1.54, 1.807) is 18.2 Å². The van der Waals surface area contributed by atoms with Crippen molar-refractivity contribution in [3.63, 3.8) is 0 Å². The molecule has 0 saturated heterocycles. The lowest BCUT2D eigenvalue weighted by Gasteiger charge is -2.10. The average molecular weight is 281 g/mol. The van der Waals surface area contributed by atoms with E-state index in [2.05, 4.69) is 10.1 Å². The normalized spacial score (nSPS) is 10.7. The van der Waals surface area contributed by atoms with Gasteiger partial charge in [-0.1, -0.05) is 12.1 Å². The Morgan fingerprint density at radius 3 is 2.40 bits per heavy atom. The van der Waals surface area contributed by atoms with E-state index >= 15 is 0 Å². The molecule has 0 bridgehead atoms. The van der Waals surface area contributed by atoms with Crippen molar-refractivity contribution >= 4 is 5.69 Å². The largest absolute Gasteiger partial charge is 0.435 e. The number of halogens is 3. The van der Waals surface area contributed by atoms with Gasteiger partial charge in [0.1, 0.15) is 11.6 Å². The molecule has 0 atom stereocenters. The van der Waals surface area contributed by atoms with Crippen LogP contribution in [-0.2, 0) is 6.54 Å². The van der Waals surface area contributed by atoms with Gasteiger partial charge in [-0.05, 0) is 48.4 Å². The predicted octanol–water partition coefficient (Wildman–Crippen LogP) is 4.35. The summed E-state index contributed by atoms with van der Waals surface area (Å²) in [4.78, 5) is 0. The van der Waals surface area contributed by atoms with E-state index in [1.807, 2.05) is 6.92 Å². The number of nitrogens with one attached hydrogen (secondary N) is 1. The third kappa shape index (κ3) is 3.91. The van der Waals surface area contributed by atoms with Crippen molar-refractivity contribution in [3.05, 3.63) is 59.4 Å². The molecule has 0 heterocycles. The third-order valence-corrected chi connectivity index (χ3v) is 2.82. The van der Waals surface area contributed by atoms with Gasteiger partial charge in [0, 0.05) is 12.2 Å². The molecule has 2 aromatic carbocycles. The molecule has 0 amide bonds. The maximum absolute atomic E-state index is 13.0. The van der Waals surface area contributed by atoms with Crippen molar-refractivity contribution in [1.29, 1.82) is 0 Å². The summed E-state index contributed by atoms with van der Waals surface area (Å²) in [5.41, 5.74) is 2.55. The second kappa shape index (κ2) is 6.32. The standard InChI is InChI=1S/C15H14F3NO/c1-10-8-12(16)4-7-14(10)19-9-11-2-5-13(6-3-11)20-15(17)18/h2-8,15,19H,9H2,1H3. The number of hydrogen-bond donors (Lipinski definition) is 1. The maximum Gasteiger partial charge on any atom is 0.387 e. The zero-order valence-corrected chi connectivity index (χ0v) is 10.9. The third-order valence-electron chi connectivity index (χ3n) is 2.82. The molecule has 0 saturated carbocycles. The first-order valence-corrected chi connectivity index (χ1v) is 6.08. The summed E-state index contributed by atoms with van der Waals surface area (Å²) in [6.07, 6.45) is 0. The number of hydrogen-bond acceptors (Lipinski definition) is 2. The molecule has 0 fully saturated rings.